The van der Waals surface area contributed by atoms with Crippen LogP contribution in [-0.2, 0) is 16.4 Å². The van der Waals surface area contributed by atoms with E-state index in [1.165, 1.54) is 23.5 Å². The molecule has 4 rings (SSSR count). The van der Waals surface area contributed by atoms with Gasteiger partial charge in [-0.15, -0.1) is 0 Å². The van der Waals surface area contributed by atoms with E-state index in [0.717, 1.165) is 30.6 Å². The van der Waals surface area contributed by atoms with Crippen LogP contribution in [0.4, 0.5) is 5.69 Å². The standard InChI is InChI=1S/C26H28N2O4S/c1-27(22-11-4-3-5-12-22)33(30,31)25-15-7-10-21(19-25)26(29)28-16-8-13-23(28)17-20-9-6-14-24(18-20)32-2/h3-7,9-12,14-15,18-19,23H,8,13,16-17H2,1-2H3. The third-order valence-electron chi connectivity index (χ3n) is 6.10. The number of nitrogens with zero attached hydrogens (tertiary/aromatic N) is 2. The Morgan fingerprint density at radius 3 is 2.55 bits per heavy atom. The Kier molecular flexibility index (Phi) is 6.70. The lowest BCUT2D eigenvalue weighted by atomic mass is 10.0. The van der Waals surface area contributed by atoms with Crippen molar-refractivity contribution in [1.82, 2.24) is 4.90 Å². The number of hydrogen-bond donors (Lipinski definition) is 0. The second-order valence-corrected chi connectivity index (χ2v) is 10.2. The molecule has 3 aromatic carbocycles. The minimum absolute atomic E-state index is 0.0665. The van der Waals surface area contributed by atoms with Gasteiger partial charge in [0.15, 0.2) is 0 Å². The third kappa shape index (κ3) is 4.88. The molecule has 0 aliphatic carbocycles. The molecule has 7 heteroatoms. The molecule has 1 aliphatic rings. The zero-order valence-electron chi connectivity index (χ0n) is 18.8. The Morgan fingerprint density at radius 1 is 1.03 bits per heavy atom. The Balaban J connectivity index is 1.55. The van der Waals surface area contributed by atoms with E-state index in [2.05, 4.69) is 0 Å². The van der Waals surface area contributed by atoms with E-state index in [4.69, 9.17) is 4.74 Å². The predicted molar refractivity (Wildman–Crippen MR) is 129 cm³/mol. The molecular weight excluding hydrogens is 436 g/mol. The number of amides is 1. The molecular formula is C26H28N2O4S. The van der Waals surface area contributed by atoms with Crippen LogP contribution >= 0.6 is 0 Å². The third-order valence-corrected chi connectivity index (χ3v) is 7.88. The molecule has 1 unspecified atom stereocenters. The number of rotatable bonds is 7. The summed E-state index contributed by atoms with van der Waals surface area (Å²) >= 11 is 0. The molecule has 0 spiro atoms. The summed E-state index contributed by atoms with van der Waals surface area (Å²) in [5.41, 5.74) is 2.06. The van der Waals surface area contributed by atoms with E-state index in [0.29, 0.717) is 17.8 Å². The van der Waals surface area contributed by atoms with Crippen LogP contribution in [-0.4, -0.2) is 46.0 Å². The molecule has 1 heterocycles. The van der Waals surface area contributed by atoms with E-state index in [9.17, 15) is 13.2 Å². The molecule has 0 aromatic heterocycles. The van der Waals surface area contributed by atoms with Crippen molar-refractivity contribution in [3.63, 3.8) is 0 Å². The van der Waals surface area contributed by atoms with Crippen LogP contribution in [0.1, 0.15) is 28.8 Å². The van der Waals surface area contributed by atoms with Crippen LogP contribution in [0.5, 0.6) is 5.75 Å². The topological polar surface area (TPSA) is 66.9 Å². The molecule has 0 N–H and O–H groups in total. The first kappa shape index (κ1) is 22.9. The van der Waals surface area contributed by atoms with Crippen LogP contribution < -0.4 is 9.04 Å². The highest BCUT2D eigenvalue weighted by Crippen LogP contribution is 2.27. The van der Waals surface area contributed by atoms with Crippen molar-refractivity contribution in [1.29, 1.82) is 0 Å². The van der Waals surface area contributed by atoms with Crippen molar-refractivity contribution in [2.75, 3.05) is 25.0 Å². The maximum atomic E-state index is 13.4. The van der Waals surface area contributed by atoms with Gasteiger partial charge in [-0.05, 0) is 67.3 Å². The number of carbonyl (C=O) groups is 1. The number of hydrogen-bond acceptors (Lipinski definition) is 4. The van der Waals surface area contributed by atoms with Gasteiger partial charge in [0.05, 0.1) is 17.7 Å². The number of likely N-dealkylation sites (tertiary alicyclic amines) is 1. The Hall–Kier alpha value is -3.32. The average Bonchev–Trinajstić information content (AvgIpc) is 3.31. The van der Waals surface area contributed by atoms with Crippen molar-refractivity contribution in [2.24, 2.45) is 0 Å². The monoisotopic (exact) mass is 464 g/mol. The predicted octanol–water partition coefficient (Wildman–Crippen LogP) is 4.37. The van der Waals surface area contributed by atoms with Crippen LogP contribution in [0.2, 0.25) is 0 Å². The average molecular weight is 465 g/mol. The summed E-state index contributed by atoms with van der Waals surface area (Å²) in [6.07, 6.45) is 2.57. The maximum absolute atomic E-state index is 13.4. The molecule has 33 heavy (non-hydrogen) atoms. The van der Waals surface area contributed by atoms with Crippen molar-refractivity contribution < 1.29 is 17.9 Å². The highest BCUT2D eigenvalue weighted by molar-refractivity contribution is 7.92. The fourth-order valence-electron chi connectivity index (χ4n) is 4.28. The minimum atomic E-state index is -3.79. The highest BCUT2D eigenvalue weighted by Gasteiger charge is 2.30. The zero-order valence-corrected chi connectivity index (χ0v) is 19.7. The molecule has 1 amide bonds. The number of ether oxygens (including phenoxy) is 1. The normalized spacial score (nSPS) is 15.9. The van der Waals surface area contributed by atoms with Crippen LogP contribution in [0.25, 0.3) is 0 Å². The number of para-hydroxylation sites is 1. The summed E-state index contributed by atoms with van der Waals surface area (Å²) in [4.78, 5) is 15.3. The molecule has 0 radical (unpaired) electrons. The molecule has 6 nitrogen and oxygen atoms in total. The van der Waals surface area contributed by atoms with Gasteiger partial charge in [-0.25, -0.2) is 8.42 Å². The highest BCUT2D eigenvalue weighted by atomic mass is 32.2. The second-order valence-electron chi connectivity index (χ2n) is 8.19. The van der Waals surface area contributed by atoms with E-state index in [1.54, 1.807) is 43.5 Å². The SMILES string of the molecule is COc1cccc(CC2CCCN2C(=O)c2cccc(S(=O)(=O)N(C)c3ccccc3)c2)c1. The lowest BCUT2D eigenvalue weighted by Gasteiger charge is -2.25. The Morgan fingerprint density at radius 2 is 1.79 bits per heavy atom. The minimum Gasteiger partial charge on any atom is -0.497 e. The molecule has 0 saturated carbocycles. The summed E-state index contributed by atoms with van der Waals surface area (Å²) in [7, 11) is -0.635. The molecule has 0 bridgehead atoms. The van der Waals surface area contributed by atoms with Gasteiger partial charge >= 0.3 is 0 Å². The molecule has 1 saturated heterocycles. The smallest absolute Gasteiger partial charge is 0.264 e. The number of anilines is 1. The van der Waals surface area contributed by atoms with Crippen molar-refractivity contribution in [2.45, 2.75) is 30.2 Å². The quantitative estimate of drug-likeness (QED) is 0.521. The first-order valence-corrected chi connectivity index (χ1v) is 12.4. The fourth-order valence-corrected chi connectivity index (χ4v) is 5.52. The van der Waals surface area contributed by atoms with Crippen LogP contribution in [0, 0.1) is 0 Å². The zero-order chi connectivity index (χ0) is 23.4. The Bertz CT molecular complexity index is 1230. The van der Waals surface area contributed by atoms with E-state index in [1.807, 2.05) is 35.2 Å². The summed E-state index contributed by atoms with van der Waals surface area (Å²) in [6, 6.07) is 23.2. The van der Waals surface area contributed by atoms with Gasteiger partial charge in [0.25, 0.3) is 15.9 Å². The second kappa shape index (κ2) is 9.67. The lowest BCUT2D eigenvalue weighted by Crippen LogP contribution is -2.37. The molecule has 1 aliphatic heterocycles. The number of sulfonamides is 1. The summed E-state index contributed by atoms with van der Waals surface area (Å²) in [5, 5.41) is 0. The van der Waals surface area contributed by atoms with Gasteiger partial charge in [-0.1, -0.05) is 36.4 Å². The number of benzene rings is 3. The van der Waals surface area contributed by atoms with Crippen molar-refractivity contribution in [3.05, 3.63) is 90.0 Å². The van der Waals surface area contributed by atoms with Crippen molar-refractivity contribution in [3.8, 4) is 5.75 Å². The Labute approximate surface area is 195 Å². The molecule has 172 valence electrons. The first-order valence-electron chi connectivity index (χ1n) is 11.0. The van der Waals surface area contributed by atoms with Crippen molar-refractivity contribution >= 4 is 21.6 Å². The molecule has 1 fully saturated rings. The molecule has 1 atom stereocenters. The van der Waals surface area contributed by atoms with Gasteiger partial charge in [0.2, 0.25) is 0 Å². The van der Waals surface area contributed by atoms with E-state index < -0.39 is 10.0 Å². The first-order chi connectivity index (χ1) is 15.9. The van der Waals surface area contributed by atoms with E-state index >= 15 is 0 Å². The van der Waals surface area contributed by atoms with Gasteiger partial charge in [-0.2, -0.15) is 0 Å². The number of carbonyl (C=O) groups excluding carboxylic acids is 1. The van der Waals surface area contributed by atoms with Crippen LogP contribution in [0.3, 0.4) is 0 Å². The van der Waals surface area contributed by atoms with Gasteiger partial charge in [0, 0.05) is 25.2 Å². The fraction of sp³-hybridized carbons (Fsp3) is 0.269. The lowest BCUT2D eigenvalue weighted by molar-refractivity contribution is 0.0736. The summed E-state index contributed by atoms with van der Waals surface area (Å²) in [6.45, 7) is 0.661. The summed E-state index contributed by atoms with van der Waals surface area (Å²) < 4.78 is 32.9. The molecule has 3 aromatic rings. The van der Waals surface area contributed by atoms with E-state index in [-0.39, 0.29) is 16.8 Å². The number of methoxy groups -OCH3 is 1. The largest absolute Gasteiger partial charge is 0.497 e. The van der Waals surface area contributed by atoms with Gasteiger partial charge in [-0.3, -0.25) is 9.10 Å². The van der Waals surface area contributed by atoms with Crippen LogP contribution in [0.15, 0.2) is 83.8 Å². The maximum Gasteiger partial charge on any atom is 0.264 e. The van der Waals surface area contributed by atoms with Gasteiger partial charge < -0.3 is 9.64 Å². The summed E-state index contributed by atoms with van der Waals surface area (Å²) in [5.74, 6) is 0.656. The van der Waals surface area contributed by atoms with Gasteiger partial charge in [0.1, 0.15) is 5.75 Å².